The highest BCUT2D eigenvalue weighted by Gasteiger charge is 2.30. The molecule has 0 radical (unpaired) electrons. The maximum atomic E-state index is 12.5. The topological polar surface area (TPSA) is 37.3 Å². The number of hydrogen-bond donors (Lipinski definition) is 1. The molecule has 2 nitrogen and oxygen atoms in total. The predicted molar refractivity (Wildman–Crippen MR) is 143 cm³/mol. The van der Waals surface area contributed by atoms with Gasteiger partial charge in [-0.3, -0.25) is 0 Å². The summed E-state index contributed by atoms with van der Waals surface area (Å²) in [6, 6.07) is 12.3. The molecule has 2 aromatic carbocycles. The van der Waals surface area contributed by atoms with Crippen molar-refractivity contribution in [3.63, 3.8) is 0 Å². The molecule has 4 aromatic rings. The first-order valence-corrected chi connectivity index (χ1v) is 13.4. The van der Waals surface area contributed by atoms with Crippen molar-refractivity contribution in [2.75, 3.05) is 0 Å². The predicted octanol–water partition coefficient (Wildman–Crippen LogP) is 9.65. The monoisotopic (exact) mass is 584 g/mol. The van der Waals surface area contributed by atoms with Crippen LogP contribution in [-0.2, 0) is 25.2 Å². The minimum absolute atomic E-state index is 0.261. The van der Waals surface area contributed by atoms with E-state index in [1.54, 1.807) is 30.4 Å². The summed E-state index contributed by atoms with van der Waals surface area (Å²) in [4.78, 5) is 15.3. The standard InChI is InChI=1S/C15H13F3O2S.C14H13F3S/c1-8-12(13(14(19)20)9(2)21-8)7-10-3-5-11(6-4-10)15(16,17)18;1-9-7-12(10(2)18-9)8-11-3-5-13(6-4-11)14(15,16)17/h3-6H,7H2,1-2H3,(H,19,20);3-7H,8H2,1-2H3. The molecule has 0 aliphatic carbocycles. The van der Waals surface area contributed by atoms with Gasteiger partial charge >= 0.3 is 18.3 Å². The lowest BCUT2D eigenvalue weighted by Gasteiger charge is -2.08. The number of benzene rings is 2. The normalized spacial score (nSPS) is 11.7. The van der Waals surface area contributed by atoms with E-state index in [0.29, 0.717) is 28.8 Å². The zero-order valence-electron chi connectivity index (χ0n) is 21.6. The van der Waals surface area contributed by atoms with Gasteiger partial charge in [-0.05, 0) is 93.1 Å². The highest BCUT2D eigenvalue weighted by atomic mass is 32.1. The maximum absolute atomic E-state index is 12.5. The van der Waals surface area contributed by atoms with Crippen LogP contribution in [0.1, 0.15) is 63.2 Å². The molecule has 2 aromatic heterocycles. The van der Waals surface area contributed by atoms with Gasteiger partial charge in [-0.15, -0.1) is 22.7 Å². The Morgan fingerprint density at radius 3 is 1.54 bits per heavy atom. The Kier molecular flexibility index (Phi) is 9.33. The van der Waals surface area contributed by atoms with Gasteiger partial charge in [0.15, 0.2) is 0 Å². The van der Waals surface area contributed by atoms with Crippen LogP contribution in [0.5, 0.6) is 0 Å². The zero-order chi connectivity index (χ0) is 29.1. The van der Waals surface area contributed by atoms with Crippen LogP contribution in [0.4, 0.5) is 26.3 Å². The van der Waals surface area contributed by atoms with E-state index in [-0.39, 0.29) is 5.56 Å². The molecule has 0 saturated carbocycles. The summed E-state index contributed by atoms with van der Waals surface area (Å²) >= 11 is 3.11. The molecule has 0 atom stereocenters. The number of thiophene rings is 2. The van der Waals surface area contributed by atoms with Gasteiger partial charge in [0, 0.05) is 19.5 Å². The summed E-state index contributed by atoms with van der Waals surface area (Å²) in [7, 11) is 0. The van der Waals surface area contributed by atoms with Crippen molar-refractivity contribution in [2.24, 2.45) is 0 Å². The Bertz CT molecular complexity index is 1430. The van der Waals surface area contributed by atoms with Crippen LogP contribution in [0.2, 0.25) is 0 Å². The maximum Gasteiger partial charge on any atom is 0.416 e. The smallest absolute Gasteiger partial charge is 0.416 e. The van der Waals surface area contributed by atoms with Crippen molar-refractivity contribution < 1.29 is 36.2 Å². The SMILES string of the molecule is Cc1cc(Cc2ccc(C(F)(F)F)cc2)c(C)s1.Cc1sc(C)c(C(=O)O)c1Cc1ccc(C(F)(F)F)cc1. The number of aryl methyl sites for hydroxylation is 4. The Morgan fingerprint density at radius 2 is 1.15 bits per heavy atom. The highest BCUT2D eigenvalue weighted by Crippen LogP contribution is 2.32. The minimum atomic E-state index is -4.36. The zero-order valence-corrected chi connectivity index (χ0v) is 23.2. The number of hydrogen-bond acceptors (Lipinski definition) is 3. The fourth-order valence-corrected chi connectivity index (χ4v) is 6.15. The van der Waals surface area contributed by atoms with Crippen LogP contribution in [0.15, 0.2) is 54.6 Å². The number of aromatic carboxylic acids is 1. The van der Waals surface area contributed by atoms with Crippen LogP contribution >= 0.6 is 22.7 Å². The highest BCUT2D eigenvalue weighted by molar-refractivity contribution is 7.12. The third-order valence-electron chi connectivity index (χ3n) is 6.08. The molecule has 0 saturated heterocycles. The first kappa shape index (κ1) is 30.4. The van der Waals surface area contributed by atoms with Crippen LogP contribution in [0.3, 0.4) is 0 Å². The van der Waals surface area contributed by atoms with Gasteiger partial charge in [0.25, 0.3) is 0 Å². The number of carbonyl (C=O) groups is 1. The molecule has 1 N–H and O–H groups in total. The van der Waals surface area contributed by atoms with Gasteiger partial charge in [0.2, 0.25) is 0 Å². The minimum Gasteiger partial charge on any atom is -0.478 e. The average Bonchev–Trinajstić information content (AvgIpc) is 3.29. The van der Waals surface area contributed by atoms with Crippen LogP contribution in [0.25, 0.3) is 0 Å². The second kappa shape index (κ2) is 12.0. The lowest BCUT2D eigenvalue weighted by atomic mass is 9.99. The van der Waals surface area contributed by atoms with Crippen LogP contribution in [-0.4, -0.2) is 11.1 Å². The van der Waals surface area contributed by atoms with Gasteiger partial charge < -0.3 is 5.11 Å². The molecule has 10 heteroatoms. The number of alkyl halides is 6. The van der Waals surface area contributed by atoms with E-state index in [1.165, 1.54) is 38.8 Å². The van der Waals surface area contributed by atoms with Crippen molar-refractivity contribution in [1.82, 2.24) is 0 Å². The van der Waals surface area contributed by atoms with Crippen molar-refractivity contribution in [1.29, 1.82) is 0 Å². The first-order chi connectivity index (χ1) is 18.1. The van der Waals surface area contributed by atoms with Crippen LogP contribution in [0, 0.1) is 27.7 Å². The molecule has 0 aliphatic heterocycles. The Morgan fingerprint density at radius 1 is 0.692 bits per heavy atom. The van der Waals surface area contributed by atoms with Gasteiger partial charge in [0.1, 0.15) is 0 Å². The molecule has 2 heterocycles. The molecule has 0 aliphatic rings. The van der Waals surface area contributed by atoms with Gasteiger partial charge in [0.05, 0.1) is 16.7 Å². The van der Waals surface area contributed by atoms with E-state index < -0.39 is 29.4 Å². The second-order valence-corrected chi connectivity index (χ2v) is 11.9. The first-order valence-electron chi connectivity index (χ1n) is 11.8. The summed E-state index contributed by atoms with van der Waals surface area (Å²) in [6.07, 6.45) is -7.61. The fourth-order valence-electron chi connectivity index (χ4n) is 4.13. The summed E-state index contributed by atoms with van der Waals surface area (Å²) in [5.41, 5.74) is 2.39. The largest absolute Gasteiger partial charge is 0.478 e. The second-order valence-electron chi connectivity index (χ2n) is 9.05. The van der Waals surface area contributed by atoms with Gasteiger partial charge in [-0.2, -0.15) is 26.3 Å². The molecule has 0 fully saturated rings. The quantitative estimate of drug-likeness (QED) is 0.237. The molecule has 208 valence electrons. The van der Waals surface area contributed by atoms with E-state index >= 15 is 0 Å². The Hall–Kier alpha value is -3.11. The number of carboxylic acid groups (broad SMARTS) is 1. The molecule has 0 unspecified atom stereocenters. The third kappa shape index (κ3) is 7.95. The lowest BCUT2D eigenvalue weighted by molar-refractivity contribution is -0.138. The van der Waals surface area contributed by atoms with Crippen molar-refractivity contribution in [2.45, 2.75) is 52.9 Å². The molecular weight excluding hydrogens is 558 g/mol. The van der Waals surface area contributed by atoms with E-state index in [2.05, 4.69) is 6.07 Å². The van der Waals surface area contributed by atoms with Gasteiger partial charge in [-0.25, -0.2) is 4.79 Å². The average molecular weight is 585 g/mol. The number of carboxylic acids is 1. The lowest BCUT2D eigenvalue weighted by Crippen LogP contribution is -2.05. The third-order valence-corrected chi connectivity index (χ3v) is 8.15. The molecule has 0 spiro atoms. The van der Waals surface area contributed by atoms with E-state index in [4.69, 9.17) is 0 Å². The number of halogens is 6. The Balaban J connectivity index is 0.000000218. The molecule has 39 heavy (non-hydrogen) atoms. The van der Waals surface area contributed by atoms with E-state index in [1.807, 2.05) is 20.8 Å². The molecule has 0 amide bonds. The summed E-state index contributed by atoms with van der Waals surface area (Å²) in [5, 5.41) is 9.25. The number of rotatable bonds is 5. The van der Waals surface area contributed by atoms with Gasteiger partial charge in [-0.1, -0.05) is 24.3 Å². The summed E-state index contributed by atoms with van der Waals surface area (Å²) < 4.78 is 74.8. The van der Waals surface area contributed by atoms with E-state index in [9.17, 15) is 36.2 Å². The van der Waals surface area contributed by atoms with Crippen molar-refractivity contribution in [3.8, 4) is 0 Å². The van der Waals surface area contributed by atoms with E-state index in [0.717, 1.165) is 34.7 Å². The molecule has 0 bridgehead atoms. The fraction of sp³-hybridized carbons (Fsp3) is 0.276. The van der Waals surface area contributed by atoms with Crippen LogP contribution < -0.4 is 0 Å². The molecular formula is C29H26F6O2S2. The van der Waals surface area contributed by atoms with Crippen molar-refractivity contribution >= 4 is 28.6 Å². The molecule has 4 rings (SSSR count). The summed E-state index contributed by atoms with van der Waals surface area (Å²) in [5.74, 6) is -1.00. The summed E-state index contributed by atoms with van der Waals surface area (Å²) in [6.45, 7) is 7.63. The Labute approximate surface area is 230 Å². The van der Waals surface area contributed by atoms with Crippen molar-refractivity contribution in [3.05, 3.63) is 113 Å².